The Morgan fingerprint density at radius 1 is 1.80 bits per heavy atom. The van der Waals surface area contributed by atoms with Gasteiger partial charge >= 0.3 is 5.97 Å². The molecule has 3 heteroatoms. The van der Waals surface area contributed by atoms with Gasteiger partial charge in [-0.2, -0.15) is 5.26 Å². The quantitative estimate of drug-likeness (QED) is 0.589. The average Bonchev–Trinajstić information content (AvgIpc) is 1.80. The van der Waals surface area contributed by atoms with Crippen LogP contribution in [0.15, 0.2) is 0 Å². The second-order valence-corrected chi connectivity index (χ2v) is 3.10. The molecule has 1 aliphatic carbocycles. The SMILES string of the molecule is C[C@]1(C(=O)O)C[C@H](C#N)C1. The summed E-state index contributed by atoms with van der Waals surface area (Å²) in [6.45, 7) is 1.68. The molecule has 1 aliphatic rings. The zero-order valence-electron chi connectivity index (χ0n) is 5.79. The first-order chi connectivity index (χ1) is 4.58. The van der Waals surface area contributed by atoms with Crippen molar-refractivity contribution in [2.24, 2.45) is 11.3 Å². The predicted octanol–water partition coefficient (Wildman–Crippen LogP) is 1.01. The van der Waals surface area contributed by atoms with Crippen molar-refractivity contribution in [2.45, 2.75) is 19.8 Å². The van der Waals surface area contributed by atoms with Gasteiger partial charge in [0.05, 0.1) is 11.5 Å². The number of hydrogen-bond donors (Lipinski definition) is 1. The fourth-order valence-corrected chi connectivity index (χ4v) is 1.29. The smallest absolute Gasteiger partial charge is 0.309 e. The Kier molecular flexibility index (Phi) is 1.40. The molecule has 1 fully saturated rings. The fourth-order valence-electron chi connectivity index (χ4n) is 1.29. The van der Waals surface area contributed by atoms with Crippen LogP contribution in [-0.4, -0.2) is 11.1 Å². The molecular formula is C7H9NO2. The highest BCUT2D eigenvalue weighted by atomic mass is 16.4. The molecule has 1 N–H and O–H groups in total. The monoisotopic (exact) mass is 139 g/mol. The molecule has 0 aliphatic heterocycles. The van der Waals surface area contributed by atoms with E-state index in [1.807, 2.05) is 6.07 Å². The molecule has 3 nitrogen and oxygen atoms in total. The van der Waals surface area contributed by atoms with Crippen molar-refractivity contribution >= 4 is 5.97 Å². The van der Waals surface area contributed by atoms with Crippen molar-refractivity contribution in [2.75, 3.05) is 0 Å². The van der Waals surface area contributed by atoms with E-state index in [-0.39, 0.29) is 5.92 Å². The molecular weight excluding hydrogens is 130 g/mol. The minimum absolute atomic E-state index is 0.0268. The van der Waals surface area contributed by atoms with Gasteiger partial charge in [-0.15, -0.1) is 0 Å². The maximum absolute atomic E-state index is 10.5. The summed E-state index contributed by atoms with van der Waals surface area (Å²) in [7, 11) is 0. The number of aliphatic carboxylic acids is 1. The summed E-state index contributed by atoms with van der Waals surface area (Å²) in [6.07, 6.45) is 1.03. The Hall–Kier alpha value is -1.04. The van der Waals surface area contributed by atoms with E-state index in [4.69, 9.17) is 10.4 Å². The van der Waals surface area contributed by atoms with Gasteiger partial charge in [0.25, 0.3) is 0 Å². The topological polar surface area (TPSA) is 61.1 Å². The Morgan fingerprint density at radius 3 is 2.60 bits per heavy atom. The Balaban J connectivity index is 2.51. The molecule has 0 atom stereocenters. The summed E-state index contributed by atoms with van der Waals surface area (Å²) in [6, 6.07) is 2.05. The van der Waals surface area contributed by atoms with Crippen molar-refractivity contribution in [1.29, 1.82) is 5.26 Å². The zero-order valence-corrected chi connectivity index (χ0v) is 5.79. The van der Waals surface area contributed by atoms with Crippen LogP contribution in [0, 0.1) is 22.7 Å². The predicted molar refractivity (Wildman–Crippen MR) is 34.1 cm³/mol. The molecule has 0 aromatic rings. The third-order valence-corrected chi connectivity index (χ3v) is 2.09. The van der Waals surface area contributed by atoms with Gasteiger partial charge in [-0.25, -0.2) is 0 Å². The van der Waals surface area contributed by atoms with Crippen molar-refractivity contribution in [3.63, 3.8) is 0 Å². The molecule has 0 aromatic carbocycles. The summed E-state index contributed by atoms with van der Waals surface area (Å²) in [5.74, 6) is -0.805. The van der Waals surface area contributed by atoms with Crippen LogP contribution in [0.5, 0.6) is 0 Å². The molecule has 54 valence electrons. The van der Waals surface area contributed by atoms with Gasteiger partial charge in [0.15, 0.2) is 0 Å². The third-order valence-electron chi connectivity index (χ3n) is 2.09. The van der Waals surface area contributed by atoms with Gasteiger partial charge in [0, 0.05) is 5.92 Å². The number of rotatable bonds is 1. The van der Waals surface area contributed by atoms with E-state index in [9.17, 15) is 4.79 Å². The Bertz CT molecular complexity index is 198. The van der Waals surface area contributed by atoms with E-state index in [1.165, 1.54) is 0 Å². The van der Waals surface area contributed by atoms with E-state index < -0.39 is 11.4 Å². The van der Waals surface area contributed by atoms with E-state index in [2.05, 4.69) is 0 Å². The van der Waals surface area contributed by atoms with E-state index in [1.54, 1.807) is 6.92 Å². The molecule has 10 heavy (non-hydrogen) atoms. The van der Waals surface area contributed by atoms with Crippen LogP contribution in [0.4, 0.5) is 0 Å². The molecule has 0 aromatic heterocycles. The van der Waals surface area contributed by atoms with Crippen molar-refractivity contribution < 1.29 is 9.90 Å². The van der Waals surface area contributed by atoms with Crippen LogP contribution in [0.25, 0.3) is 0 Å². The third kappa shape index (κ3) is 0.860. The van der Waals surface area contributed by atoms with Gasteiger partial charge in [0.2, 0.25) is 0 Å². The molecule has 0 unspecified atom stereocenters. The van der Waals surface area contributed by atoms with Crippen LogP contribution in [0.3, 0.4) is 0 Å². The molecule has 0 bridgehead atoms. The van der Waals surface area contributed by atoms with Gasteiger partial charge in [-0.05, 0) is 19.8 Å². The number of carboxylic acids is 1. The van der Waals surface area contributed by atoms with Crippen LogP contribution in [-0.2, 0) is 4.79 Å². The molecule has 0 radical (unpaired) electrons. The summed E-state index contributed by atoms with van der Waals surface area (Å²) in [5, 5.41) is 17.0. The lowest BCUT2D eigenvalue weighted by molar-refractivity contribution is -0.154. The van der Waals surface area contributed by atoms with Crippen LogP contribution in [0.2, 0.25) is 0 Å². The van der Waals surface area contributed by atoms with Crippen LogP contribution in [0.1, 0.15) is 19.8 Å². The number of hydrogen-bond acceptors (Lipinski definition) is 2. The number of nitrogens with zero attached hydrogens (tertiary/aromatic N) is 1. The second-order valence-electron chi connectivity index (χ2n) is 3.10. The summed E-state index contributed by atoms with van der Waals surface area (Å²) in [5.41, 5.74) is -0.611. The summed E-state index contributed by atoms with van der Waals surface area (Å²) >= 11 is 0. The maximum atomic E-state index is 10.5. The zero-order chi connectivity index (χ0) is 7.78. The van der Waals surface area contributed by atoms with Crippen LogP contribution >= 0.6 is 0 Å². The highest BCUT2D eigenvalue weighted by molar-refractivity contribution is 5.75. The van der Waals surface area contributed by atoms with E-state index in [0.717, 1.165) is 0 Å². The first kappa shape index (κ1) is 7.07. The maximum Gasteiger partial charge on any atom is 0.309 e. The lowest BCUT2D eigenvalue weighted by Gasteiger charge is -2.37. The van der Waals surface area contributed by atoms with Gasteiger partial charge in [0.1, 0.15) is 0 Å². The molecule has 1 saturated carbocycles. The molecule has 0 heterocycles. The lowest BCUT2D eigenvalue weighted by atomic mass is 9.64. The average molecular weight is 139 g/mol. The minimum Gasteiger partial charge on any atom is -0.481 e. The largest absolute Gasteiger partial charge is 0.481 e. The highest BCUT2D eigenvalue weighted by Crippen LogP contribution is 2.44. The molecule has 1 rings (SSSR count). The fraction of sp³-hybridized carbons (Fsp3) is 0.714. The Morgan fingerprint density at radius 2 is 2.30 bits per heavy atom. The standard InChI is InChI=1S/C7H9NO2/c1-7(6(9)10)2-5(3-7)4-8/h5H,2-3H2,1H3,(H,9,10)/t5-,7-. The normalized spacial score (nSPS) is 37.8. The number of carboxylic acid groups (broad SMARTS) is 1. The first-order valence-corrected chi connectivity index (χ1v) is 3.21. The Labute approximate surface area is 59.3 Å². The summed E-state index contributed by atoms with van der Waals surface area (Å²) in [4.78, 5) is 10.5. The van der Waals surface area contributed by atoms with Gasteiger partial charge < -0.3 is 5.11 Å². The second kappa shape index (κ2) is 1.98. The van der Waals surface area contributed by atoms with E-state index >= 15 is 0 Å². The highest BCUT2D eigenvalue weighted by Gasteiger charge is 2.46. The molecule has 0 spiro atoms. The summed E-state index contributed by atoms with van der Waals surface area (Å²) < 4.78 is 0. The van der Waals surface area contributed by atoms with Gasteiger partial charge in [-0.1, -0.05) is 0 Å². The lowest BCUT2D eigenvalue weighted by Crippen LogP contribution is -2.40. The van der Waals surface area contributed by atoms with Crippen LogP contribution < -0.4 is 0 Å². The van der Waals surface area contributed by atoms with Gasteiger partial charge in [-0.3, -0.25) is 4.79 Å². The number of carbonyl (C=O) groups is 1. The number of nitriles is 1. The molecule has 0 saturated heterocycles. The first-order valence-electron chi connectivity index (χ1n) is 3.21. The van der Waals surface area contributed by atoms with Crippen molar-refractivity contribution in [1.82, 2.24) is 0 Å². The van der Waals surface area contributed by atoms with Crippen molar-refractivity contribution in [3.05, 3.63) is 0 Å². The van der Waals surface area contributed by atoms with E-state index in [0.29, 0.717) is 12.8 Å². The van der Waals surface area contributed by atoms with Crippen molar-refractivity contribution in [3.8, 4) is 6.07 Å². The molecule has 0 amide bonds. The minimum atomic E-state index is -0.779.